The molecule has 0 fully saturated rings. The van der Waals surface area contributed by atoms with Crippen molar-refractivity contribution in [3.63, 3.8) is 0 Å². The van der Waals surface area contributed by atoms with Gasteiger partial charge in [0.2, 0.25) is 0 Å². The van der Waals surface area contributed by atoms with Gasteiger partial charge in [0.05, 0.1) is 5.52 Å². The zero-order valence-electron chi connectivity index (χ0n) is 9.87. The molecule has 0 spiro atoms. The van der Waals surface area contributed by atoms with Gasteiger partial charge >= 0.3 is 0 Å². The molecular weight excluding hydrogens is 242 g/mol. The van der Waals surface area contributed by atoms with Gasteiger partial charge in [0, 0.05) is 17.8 Å². The zero-order chi connectivity index (χ0) is 13.1. The highest BCUT2D eigenvalue weighted by molar-refractivity contribution is 5.84. The summed E-state index contributed by atoms with van der Waals surface area (Å²) < 4.78 is 5.59. The molecule has 3 aromatic rings. The SMILES string of the molecule is N#Cc1n[nH]c2ccc(OCc3ncccn3)cc12. The van der Waals surface area contributed by atoms with E-state index < -0.39 is 0 Å². The number of rotatable bonds is 3. The molecule has 1 N–H and O–H groups in total. The van der Waals surface area contributed by atoms with Crippen LogP contribution < -0.4 is 4.74 Å². The van der Waals surface area contributed by atoms with E-state index >= 15 is 0 Å². The van der Waals surface area contributed by atoms with E-state index in [0.717, 1.165) is 10.9 Å². The minimum Gasteiger partial charge on any atom is -0.486 e. The highest BCUT2D eigenvalue weighted by atomic mass is 16.5. The van der Waals surface area contributed by atoms with Gasteiger partial charge in [-0.3, -0.25) is 5.10 Å². The minimum absolute atomic E-state index is 0.284. The molecule has 0 aliphatic carbocycles. The second-order valence-electron chi connectivity index (χ2n) is 3.85. The fourth-order valence-electron chi connectivity index (χ4n) is 1.72. The van der Waals surface area contributed by atoms with Gasteiger partial charge in [0.1, 0.15) is 18.4 Å². The summed E-state index contributed by atoms with van der Waals surface area (Å²) in [5.74, 6) is 1.26. The summed E-state index contributed by atoms with van der Waals surface area (Å²) in [4.78, 5) is 8.15. The minimum atomic E-state index is 0.284. The first-order valence-electron chi connectivity index (χ1n) is 5.64. The highest BCUT2D eigenvalue weighted by Gasteiger charge is 2.06. The first kappa shape index (κ1) is 11.2. The van der Waals surface area contributed by atoms with Crippen LogP contribution in [0.4, 0.5) is 0 Å². The van der Waals surface area contributed by atoms with Crippen LogP contribution in [-0.4, -0.2) is 20.2 Å². The molecule has 2 aromatic heterocycles. The molecule has 19 heavy (non-hydrogen) atoms. The number of fused-ring (bicyclic) bond motifs is 1. The van der Waals surface area contributed by atoms with Crippen LogP contribution in [0.3, 0.4) is 0 Å². The number of benzene rings is 1. The van der Waals surface area contributed by atoms with Gasteiger partial charge in [0.25, 0.3) is 0 Å². The van der Waals surface area contributed by atoms with Crippen LogP contribution in [0.2, 0.25) is 0 Å². The Balaban J connectivity index is 1.84. The molecule has 2 heterocycles. The largest absolute Gasteiger partial charge is 0.486 e. The summed E-state index contributed by atoms with van der Waals surface area (Å²) in [5.41, 5.74) is 1.16. The van der Waals surface area contributed by atoms with Crippen molar-refractivity contribution in [3.8, 4) is 11.8 Å². The van der Waals surface area contributed by atoms with Crippen LogP contribution in [-0.2, 0) is 6.61 Å². The van der Waals surface area contributed by atoms with Crippen molar-refractivity contribution >= 4 is 10.9 Å². The van der Waals surface area contributed by atoms with Gasteiger partial charge in [-0.25, -0.2) is 9.97 Å². The van der Waals surface area contributed by atoms with E-state index in [2.05, 4.69) is 20.2 Å². The molecule has 0 saturated heterocycles. The van der Waals surface area contributed by atoms with Crippen LogP contribution in [0.25, 0.3) is 10.9 Å². The zero-order valence-corrected chi connectivity index (χ0v) is 9.87. The maximum atomic E-state index is 8.93. The highest BCUT2D eigenvalue weighted by Crippen LogP contribution is 2.22. The summed E-state index contributed by atoms with van der Waals surface area (Å²) in [6.45, 7) is 0.284. The Morgan fingerprint density at radius 1 is 1.26 bits per heavy atom. The number of ether oxygens (including phenoxy) is 1. The Kier molecular flexibility index (Phi) is 2.79. The van der Waals surface area contributed by atoms with Crippen LogP contribution in [0, 0.1) is 11.3 Å². The average molecular weight is 251 g/mol. The number of hydrogen-bond donors (Lipinski definition) is 1. The molecule has 6 heteroatoms. The Morgan fingerprint density at radius 3 is 2.89 bits per heavy atom. The van der Waals surface area contributed by atoms with Gasteiger partial charge in [-0.1, -0.05) is 0 Å². The molecule has 92 valence electrons. The van der Waals surface area contributed by atoms with Gasteiger partial charge in [0.15, 0.2) is 11.5 Å². The van der Waals surface area contributed by atoms with E-state index in [1.54, 1.807) is 24.5 Å². The Bertz CT molecular complexity index is 745. The fourth-order valence-corrected chi connectivity index (χ4v) is 1.72. The summed E-state index contributed by atoms with van der Waals surface area (Å²) in [6.07, 6.45) is 3.33. The second kappa shape index (κ2) is 4.74. The molecule has 0 radical (unpaired) electrons. The lowest BCUT2D eigenvalue weighted by atomic mass is 10.2. The molecule has 0 bridgehead atoms. The summed E-state index contributed by atoms with van der Waals surface area (Å²) in [6, 6.07) is 9.19. The number of aromatic amines is 1. The van der Waals surface area contributed by atoms with Crippen LogP contribution in [0.15, 0.2) is 36.7 Å². The first-order valence-corrected chi connectivity index (χ1v) is 5.64. The molecule has 0 aliphatic heterocycles. The third kappa shape index (κ3) is 2.21. The third-order valence-electron chi connectivity index (χ3n) is 2.63. The number of nitriles is 1. The quantitative estimate of drug-likeness (QED) is 0.766. The van der Waals surface area contributed by atoms with E-state index in [0.29, 0.717) is 17.3 Å². The van der Waals surface area contributed by atoms with E-state index in [9.17, 15) is 0 Å². The lowest BCUT2D eigenvalue weighted by Crippen LogP contribution is -2.00. The predicted octanol–water partition coefficient (Wildman–Crippen LogP) is 1.80. The topological polar surface area (TPSA) is 87.5 Å². The molecular formula is C13H9N5O. The number of H-pyrrole nitrogens is 1. The number of hydrogen-bond acceptors (Lipinski definition) is 5. The molecule has 1 aromatic carbocycles. The molecule has 0 unspecified atom stereocenters. The maximum absolute atomic E-state index is 8.93. The Hall–Kier alpha value is -2.94. The smallest absolute Gasteiger partial charge is 0.170 e. The number of nitrogens with one attached hydrogen (secondary N) is 1. The molecule has 0 saturated carbocycles. The van der Waals surface area contributed by atoms with Gasteiger partial charge in [-0.2, -0.15) is 10.4 Å². The van der Waals surface area contributed by atoms with Crippen molar-refractivity contribution in [3.05, 3.63) is 48.2 Å². The Labute approximate surface area is 108 Å². The van der Waals surface area contributed by atoms with Crippen LogP contribution in [0.1, 0.15) is 11.5 Å². The van der Waals surface area contributed by atoms with Gasteiger partial charge in [-0.05, 0) is 24.3 Å². The molecule has 0 atom stereocenters. The van der Waals surface area contributed by atoms with Gasteiger partial charge in [-0.15, -0.1) is 0 Å². The van der Waals surface area contributed by atoms with E-state index in [1.807, 2.05) is 18.2 Å². The van der Waals surface area contributed by atoms with Crippen molar-refractivity contribution in [2.24, 2.45) is 0 Å². The summed E-state index contributed by atoms with van der Waals surface area (Å²) in [5, 5.41) is 16.4. The molecule has 6 nitrogen and oxygen atoms in total. The lowest BCUT2D eigenvalue weighted by molar-refractivity contribution is 0.296. The normalized spacial score (nSPS) is 10.3. The van der Waals surface area contributed by atoms with Crippen LogP contribution in [0.5, 0.6) is 5.75 Å². The fraction of sp³-hybridized carbons (Fsp3) is 0.0769. The van der Waals surface area contributed by atoms with Gasteiger partial charge < -0.3 is 4.74 Å². The molecule has 0 amide bonds. The predicted molar refractivity (Wildman–Crippen MR) is 67.2 cm³/mol. The van der Waals surface area contributed by atoms with Crippen molar-refractivity contribution in [1.29, 1.82) is 5.26 Å². The lowest BCUT2D eigenvalue weighted by Gasteiger charge is -2.04. The van der Waals surface area contributed by atoms with Crippen molar-refractivity contribution in [2.75, 3.05) is 0 Å². The van der Waals surface area contributed by atoms with E-state index in [-0.39, 0.29) is 6.61 Å². The number of aromatic nitrogens is 4. The average Bonchev–Trinajstić information content (AvgIpc) is 2.88. The summed E-state index contributed by atoms with van der Waals surface area (Å²) in [7, 11) is 0. The first-order chi connectivity index (χ1) is 9.36. The molecule has 3 rings (SSSR count). The van der Waals surface area contributed by atoms with Crippen LogP contribution >= 0.6 is 0 Å². The van der Waals surface area contributed by atoms with E-state index in [1.165, 1.54) is 0 Å². The monoisotopic (exact) mass is 251 g/mol. The van der Waals surface area contributed by atoms with Crippen molar-refractivity contribution in [2.45, 2.75) is 6.61 Å². The van der Waals surface area contributed by atoms with E-state index in [4.69, 9.17) is 10.00 Å². The second-order valence-corrected chi connectivity index (χ2v) is 3.85. The Morgan fingerprint density at radius 2 is 2.11 bits per heavy atom. The third-order valence-corrected chi connectivity index (χ3v) is 2.63. The van der Waals surface area contributed by atoms with Crippen molar-refractivity contribution < 1.29 is 4.74 Å². The molecule has 0 aliphatic rings. The van der Waals surface area contributed by atoms with Crippen molar-refractivity contribution in [1.82, 2.24) is 20.2 Å². The maximum Gasteiger partial charge on any atom is 0.170 e. The standard InChI is InChI=1S/C13H9N5O/c14-7-12-10-6-9(2-3-11(10)17-18-12)19-8-13-15-4-1-5-16-13/h1-6H,8H2,(H,17,18). The summed E-state index contributed by atoms with van der Waals surface area (Å²) >= 11 is 0. The number of nitrogens with zero attached hydrogens (tertiary/aromatic N) is 4.